The van der Waals surface area contributed by atoms with Crippen molar-refractivity contribution in [1.29, 1.82) is 0 Å². The van der Waals surface area contributed by atoms with Crippen molar-refractivity contribution in [3.05, 3.63) is 57.8 Å². The highest BCUT2D eigenvalue weighted by molar-refractivity contribution is 9.10. The van der Waals surface area contributed by atoms with Gasteiger partial charge in [-0.05, 0) is 34.1 Å². The highest BCUT2D eigenvalue weighted by atomic mass is 79.9. The minimum absolute atomic E-state index is 0.0379. The summed E-state index contributed by atoms with van der Waals surface area (Å²) in [5.41, 5.74) is -1.68. The molecule has 0 aliphatic heterocycles. The van der Waals surface area contributed by atoms with Gasteiger partial charge in [0.1, 0.15) is 17.5 Å². The quantitative estimate of drug-likeness (QED) is 0.836. The zero-order chi connectivity index (χ0) is 14.2. The third kappa shape index (κ3) is 2.35. The van der Waals surface area contributed by atoms with Crippen LogP contribution >= 0.6 is 15.9 Å². The molecular formula is C13H6BrF3O2. The minimum Gasteiger partial charge on any atom is -0.478 e. The van der Waals surface area contributed by atoms with Crippen molar-refractivity contribution in [2.75, 3.05) is 0 Å². The van der Waals surface area contributed by atoms with Gasteiger partial charge in [-0.25, -0.2) is 18.0 Å². The molecule has 19 heavy (non-hydrogen) atoms. The number of carboxylic acids is 1. The first-order valence-corrected chi connectivity index (χ1v) is 5.88. The van der Waals surface area contributed by atoms with Crippen LogP contribution in [0.15, 0.2) is 34.8 Å². The fraction of sp³-hybridized carbons (Fsp3) is 0. The van der Waals surface area contributed by atoms with Gasteiger partial charge in [-0.1, -0.05) is 12.1 Å². The van der Waals surface area contributed by atoms with Crippen molar-refractivity contribution in [2.24, 2.45) is 0 Å². The van der Waals surface area contributed by atoms with Crippen molar-refractivity contribution >= 4 is 21.9 Å². The van der Waals surface area contributed by atoms with Gasteiger partial charge >= 0.3 is 5.97 Å². The normalized spacial score (nSPS) is 10.5. The first-order chi connectivity index (χ1) is 8.93. The lowest BCUT2D eigenvalue weighted by Gasteiger charge is -2.09. The fourth-order valence-corrected chi connectivity index (χ4v) is 1.99. The molecule has 98 valence electrons. The van der Waals surface area contributed by atoms with Crippen LogP contribution in [0.25, 0.3) is 11.1 Å². The summed E-state index contributed by atoms with van der Waals surface area (Å²) in [6.45, 7) is 0. The summed E-state index contributed by atoms with van der Waals surface area (Å²) in [6, 6.07) is 5.48. The Bertz CT molecular complexity index is 671. The van der Waals surface area contributed by atoms with Crippen molar-refractivity contribution in [2.45, 2.75) is 0 Å². The van der Waals surface area contributed by atoms with Crippen LogP contribution in [0.4, 0.5) is 13.2 Å². The predicted molar refractivity (Wildman–Crippen MR) is 66.4 cm³/mol. The summed E-state index contributed by atoms with van der Waals surface area (Å²) in [5, 5.41) is 8.79. The van der Waals surface area contributed by atoms with Crippen LogP contribution in [0.5, 0.6) is 0 Å². The molecule has 0 bridgehead atoms. The zero-order valence-electron chi connectivity index (χ0n) is 9.25. The van der Waals surface area contributed by atoms with Crippen LogP contribution < -0.4 is 0 Å². The fourth-order valence-electron chi connectivity index (χ4n) is 1.66. The van der Waals surface area contributed by atoms with Gasteiger partial charge in [0, 0.05) is 5.56 Å². The highest BCUT2D eigenvalue weighted by Crippen LogP contribution is 2.33. The van der Waals surface area contributed by atoms with Gasteiger partial charge in [0.05, 0.1) is 15.6 Å². The molecular weight excluding hydrogens is 325 g/mol. The Kier molecular flexibility index (Phi) is 3.61. The summed E-state index contributed by atoms with van der Waals surface area (Å²) >= 11 is 2.87. The second-order valence-corrected chi connectivity index (χ2v) is 4.54. The topological polar surface area (TPSA) is 37.3 Å². The van der Waals surface area contributed by atoms with Crippen molar-refractivity contribution in [3.63, 3.8) is 0 Å². The molecule has 6 heteroatoms. The van der Waals surface area contributed by atoms with Crippen molar-refractivity contribution in [1.82, 2.24) is 0 Å². The summed E-state index contributed by atoms with van der Waals surface area (Å²) < 4.78 is 41.4. The van der Waals surface area contributed by atoms with Gasteiger partial charge in [-0.15, -0.1) is 0 Å². The molecule has 0 unspecified atom stereocenters. The maximum Gasteiger partial charge on any atom is 0.338 e. The first kappa shape index (κ1) is 13.6. The Hall–Kier alpha value is -1.82. The van der Waals surface area contributed by atoms with E-state index >= 15 is 0 Å². The van der Waals surface area contributed by atoms with Crippen LogP contribution in [0.1, 0.15) is 10.4 Å². The standard InChI is InChI=1S/C13H6BrF3O2/c14-8-4-5-9(15)10(12(8)17)6-2-1-3-7(11(6)16)13(18)19/h1-5H,(H,18,19). The molecule has 0 atom stereocenters. The third-order valence-corrected chi connectivity index (χ3v) is 3.15. The van der Waals surface area contributed by atoms with E-state index in [4.69, 9.17) is 5.11 Å². The lowest BCUT2D eigenvalue weighted by molar-refractivity contribution is 0.0692. The van der Waals surface area contributed by atoms with Crippen molar-refractivity contribution in [3.8, 4) is 11.1 Å². The molecule has 2 rings (SSSR count). The molecule has 0 fully saturated rings. The lowest BCUT2D eigenvalue weighted by Crippen LogP contribution is -2.03. The molecule has 0 radical (unpaired) electrons. The number of rotatable bonds is 2. The Morgan fingerprint density at radius 2 is 1.74 bits per heavy atom. The van der Waals surface area contributed by atoms with Crippen LogP contribution in [0.3, 0.4) is 0 Å². The molecule has 0 aromatic heterocycles. The maximum absolute atomic E-state index is 14.0. The highest BCUT2D eigenvalue weighted by Gasteiger charge is 2.21. The molecule has 0 amide bonds. The molecule has 2 aromatic carbocycles. The monoisotopic (exact) mass is 330 g/mol. The molecule has 0 heterocycles. The molecule has 2 aromatic rings. The summed E-state index contributed by atoms with van der Waals surface area (Å²) in [7, 11) is 0. The average Bonchev–Trinajstić information content (AvgIpc) is 2.36. The number of hydrogen-bond acceptors (Lipinski definition) is 1. The Morgan fingerprint density at radius 1 is 1.05 bits per heavy atom. The molecule has 0 saturated carbocycles. The van der Waals surface area contributed by atoms with Crippen LogP contribution in [0.2, 0.25) is 0 Å². The Morgan fingerprint density at radius 3 is 2.37 bits per heavy atom. The number of hydrogen-bond donors (Lipinski definition) is 1. The Balaban J connectivity index is 2.77. The molecule has 0 spiro atoms. The molecule has 0 aliphatic carbocycles. The summed E-state index contributed by atoms with van der Waals surface area (Å²) in [6.07, 6.45) is 0. The van der Waals surface area contributed by atoms with E-state index in [-0.39, 0.29) is 4.47 Å². The van der Waals surface area contributed by atoms with E-state index in [0.717, 1.165) is 24.3 Å². The van der Waals surface area contributed by atoms with E-state index in [1.54, 1.807) is 0 Å². The zero-order valence-corrected chi connectivity index (χ0v) is 10.8. The summed E-state index contributed by atoms with van der Waals surface area (Å²) in [4.78, 5) is 10.8. The number of carbonyl (C=O) groups is 1. The third-order valence-electron chi connectivity index (χ3n) is 2.54. The van der Waals surface area contributed by atoms with Gasteiger partial charge in [-0.2, -0.15) is 0 Å². The van der Waals surface area contributed by atoms with E-state index in [9.17, 15) is 18.0 Å². The van der Waals surface area contributed by atoms with Gasteiger partial charge < -0.3 is 5.11 Å². The Labute approximate surface area is 114 Å². The van der Waals surface area contributed by atoms with E-state index in [1.807, 2.05) is 0 Å². The lowest BCUT2D eigenvalue weighted by atomic mass is 10.0. The minimum atomic E-state index is -1.50. The first-order valence-electron chi connectivity index (χ1n) is 5.09. The second kappa shape index (κ2) is 5.05. The molecule has 1 N–H and O–H groups in total. The van der Waals surface area contributed by atoms with Crippen molar-refractivity contribution < 1.29 is 23.1 Å². The van der Waals surface area contributed by atoms with E-state index in [1.165, 1.54) is 6.07 Å². The smallest absolute Gasteiger partial charge is 0.338 e. The number of carboxylic acid groups (broad SMARTS) is 1. The second-order valence-electron chi connectivity index (χ2n) is 3.69. The number of benzene rings is 2. The SMILES string of the molecule is O=C(O)c1cccc(-c2c(F)ccc(Br)c2F)c1F. The van der Waals surface area contributed by atoms with Crippen LogP contribution in [0, 0.1) is 17.5 Å². The largest absolute Gasteiger partial charge is 0.478 e. The maximum atomic E-state index is 14.0. The molecule has 0 aliphatic rings. The van der Waals surface area contributed by atoms with Gasteiger partial charge in [0.2, 0.25) is 0 Å². The van der Waals surface area contributed by atoms with Gasteiger partial charge in [0.15, 0.2) is 0 Å². The van der Waals surface area contributed by atoms with Gasteiger partial charge in [0.25, 0.3) is 0 Å². The number of halogens is 4. The van der Waals surface area contributed by atoms with Crippen LogP contribution in [-0.2, 0) is 0 Å². The number of aromatic carboxylic acids is 1. The van der Waals surface area contributed by atoms with Gasteiger partial charge in [-0.3, -0.25) is 0 Å². The summed E-state index contributed by atoms with van der Waals surface area (Å²) in [5.74, 6) is -4.63. The molecule has 2 nitrogen and oxygen atoms in total. The average molecular weight is 331 g/mol. The van der Waals surface area contributed by atoms with E-state index < -0.39 is 40.1 Å². The van der Waals surface area contributed by atoms with Crippen LogP contribution in [-0.4, -0.2) is 11.1 Å². The molecule has 0 saturated heterocycles. The van der Waals surface area contributed by atoms with E-state index in [2.05, 4.69) is 15.9 Å². The van der Waals surface area contributed by atoms with E-state index in [0.29, 0.717) is 0 Å². The predicted octanol–water partition coefficient (Wildman–Crippen LogP) is 4.23.